The van der Waals surface area contributed by atoms with E-state index in [2.05, 4.69) is 20.7 Å². The van der Waals surface area contributed by atoms with E-state index in [1.54, 1.807) is 11.7 Å². The second kappa shape index (κ2) is 5.86. The summed E-state index contributed by atoms with van der Waals surface area (Å²) in [6.45, 7) is 1.71. The Labute approximate surface area is 127 Å². The molecule has 0 radical (unpaired) electrons. The molecule has 0 atom stereocenters. The Bertz CT molecular complexity index is 757. The van der Waals surface area contributed by atoms with Crippen molar-refractivity contribution >= 4 is 16.9 Å². The van der Waals surface area contributed by atoms with Crippen molar-refractivity contribution in [3.8, 4) is 0 Å². The average Bonchev–Trinajstić information content (AvgIpc) is 2.79. The van der Waals surface area contributed by atoms with Gasteiger partial charge in [0, 0.05) is 13.1 Å². The lowest BCUT2D eigenvalue weighted by Crippen LogP contribution is -2.40. The number of rotatable bonds is 3. The number of nitrogens with one attached hydrogen (secondary N) is 1. The second-order valence-electron chi connectivity index (χ2n) is 5.86. The molecule has 0 aromatic carbocycles. The first-order valence-corrected chi connectivity index (χ1v) is 7.62. The first kappa shape index (κ1) is 14.7. The first-order valence-electron chi connectivity index (χ1n) is 7.62. The van der Waals surface area contributed by atoms with Gasteiger partial charge in [0.1, 0.15) is 12.1 Å². The van der Waals surface area contributed by atoms with E-state index in [4.69, 9.17) is 0 Å². The van der Waals surface area contributed by atoms with E-state index in [-0.39, 0.29) is 29.6 Å². The molecule has 0 bridgehead atoms. The maximum Gasteiger partial charge on any atom is 0.298 e. The molecule has 118 valence electrons. The predicted molar refractivity (Wildman–Crippen MR) is 80.3 cm³/mol. The van der Waals surface area contributed by atoms with Crippen LogP contribution in [0.2, 0.25) is 0 Å². The lowest BCUT2D eigenvalue weighted by Gasteiger charge is -2.22. The van der Waals surface area contributed by atoms with Gasteiger partial charge in [0.2, 0.25) is 5.91 Å². The molecule has 2 aromatic heterocycles. The number of aromatic nitrogens is 5. The Morgan fingerprint density at radius 1 is 1.27 bits per heavy atom. The fourth-order valence-electron chi connectivity index (χ4n) is 2.88. The molecule has 2 aromatic rings. The Morgan fingerprint density at radius 2 is 2.00 bits per heavy atom. The molecule has 1 fully saturated rings. The normalized spacial score (nSPS) is 16.1. The molecule has 0 spiro atoms. The summed E-state index contributed by atoms with van der Waals surface area (Å²) in [5, 5.41) is 15.0. The highest BCUT2D eigenvalue weighted by Gasteiger charge is 2.18. The van der Waals surface area contributed by atoms with Crippen LogP contribution in [0.15, 0.2) is 4.79 Å². The molecule has 0 aliphatic heterocycles. The summed E-state index contributed by atoms with van der Waals surface area (Å²) in [4.78, 5) is 24.4. The molecule has 3 rings (SSSR count). The number of amides is 1. The molecule has 1 aliphatic rings. The monoisotopic (exact) mass is 304 g/mol. The van der Waals surface area contributed by atoms with Crippen molar-refractivity contribution in [1.29, 1.82) is 0 Å². The Morgan fingerprint density at radius 3 is 2.73 bits per heavy atom. The van der Waals surface area contributed by atoms with Crippen LogP contribution >= 0.6 is 0 Å². The van der Waals surface area contributed by atoms with E-state index in [1.807, 2.05) is 6.92 Å². The summed E-state index contributed by atoms with van der Waals surface area (Å²) < 4.78 is 2.67. The number of nitrogens with zero attached hydrogens (tertiary/aromatic N) is 5. The molecule has 0 unspecified atom stereocenters. The van der Waals surface area contributed by atoms with Gasteiger partial charge in [0.25, 0.3) is 5.56 Å². The minimum atomic E-state index is -0.382. The fraction of sp³-hybridized carbons (Fsp3) is 0.643. The van der Waals surface area contributed by atoms with E-state index >= 15 is 0 Å². The van der Waals surface area contributed by atoms with Crippen molar-refractivity contribution in [2.24, 2.45) is 7.05 Å². The maximum absolute atomic E-state index is 12.3. The van der Waals surface area contributed by atoms with E-state index in [9.17, 15) is 9.59 Å². The van der Waals surface area contributed by atoms with Crippen molar-refractivity contribution in [1.82, 2.24) is 30.1 Å². The molecular formula is C14H20N6O2. The number of carbonyl (C=O) groups is 1. The average molecular weight is 304 g/mol. The van der Waals surface area contributed by atoms with Crippen LogP contribution in [0, 0.1) is 6.92 Å². The van der Waals surface area contributed by atoms with Crippen LogP contribution in [-0.2, 0) is 18.4 Å². The van der Waals surface area contributed by atoms with Crippen LogP contribution in [0.4, 0.5) is 0 Å². The minimum absolute atomic E-state index is 0.117. The topological polar surface area (TPSA) is 94.7 Å². The first-order chi connectivity index (χ1) is 10.6. The van der Waals surface area contributed by atoms with E-state index in [0.29, 0.717) is 5.52 Å². The van der Waals surface area contributed by atoms with Crippen LogP contribution in [-0.4, -0.2) is 36.7 Å². The van der Waals surface area contributed by atoms with Gasteiger partial charge in [-0.05, 0) is 19.8 Å². The summed E-state index contributed by atoms with van der Waals surface area (Å²) in [5.41, 5.74) is 1.13. The summed E-state index contributed by atoms with van der Waals surface area (Å²) in [6.07, 6.45) is 5.52. The quantitative estimate of drug-likeness (QED) is 0.879. The van der Waals surface area contributed by atoms with Gasteiger partial charge in [-0.15, -0.1) is 5.10 Å². The molecule has 2 heterocycles. The summed E-state index contributed by atoms with van der Waals surface area (Å²) >= 11 is 0. The van der Waals surface area contributed by atoms with Crippen LogP contribution in [0.25, 0.3) is 11.0 Å². The Balaban J connectivity index is 1.77. The smallest absolute Gasteiger partial charge is 0.298 e. The minimum Gasteiger partial charge on any atom is -0.352 e. The highest BCUT2D eigenvalue weighted by atomic mass is 16.2. The van der Waals surface area contributed by atoms with Gasteiger partial charge in [-0.3, -0.25) is 14.3 Å². The number of fused-ring (bicyclic) bond motifs is 1. The van der Waals surface area contributed by atoms with Crippen LogP contribution < -0.4 is 10.9 Å². The number of hydrogen-bond acceptors (Lipinski definition) is 5. The zero-order valence-corrected chi connectivity index (χ0v) is 12.9. The Hall–Kier alpha value is -2.25. The lowest BCUT2D eigenvalue weighted by atomic mass is 9.95. The van der Waals surface area contributed by atoms with E-state index < -0.39 is 0 Å². The van der Waals surface area contributed by atoms with E-state index in [1.165, 1.54) is 6.42 Å². The molecule has 0 saturated heterocycles. The molecule has 1 saturated carbocycles. The summed E-state index contributed by atoms with van der Waals surface area (Å²) in [6, 6.07) is 0.214. The van der Waals surface area contributed by atoms with Gasteiger partial charge < -0.3 is 5.32 Å². The summed E-state index contributed by atoms with van der Waals surface area (Å²) in [7, 11) is 1.75. The third-order valence-electron chi connectivity index (χ3n) is 4.26. The van der Waals surface area contributed by atoms with Gasteiger partial charge in [0.05, 0.1) is 5.69 Å². The van der Waals surface area contributed by atoms with E-state index in [0.717, 1.165) is 36.1 Å². The van der Waals surface area contributed by atoms with Gasteiger partial charge >= 0.3 is 0 Å². The lowest BCUT2D eigenvalue weighted by molar-refractivity contribution is -0.122. The third kappa shape index (κ3) is 2.72. The molecule has 8 heteroatoms. The number of carbonyl (C=O) groups excluding carboxylic acids is 1. The highest BCUT2D eigenvalue weighted by molar-refractivity contribution is 5.77. The largest absolute Gasteiger partial charge is 0.352 e. The third-order valence-corrected chi connectivity index (χ3v) is 4.26. The zero-order valence-electron chi connectivity index (χ0n) is 12.9. The SMILES string of the molecule is Cc1c2nnn(CC(=O)NC3CCCCC3)c(=O)c2nn1C. The highest BCUT2D eigenvalue weighted by Crippen LogP contribution is 2.17. The van der Waals surface area contributed by atoms with Crippen molar-refractivity contribution in [2.75, 3.05) is 0 Å². The molecule has 1 amide bonds. The molecular weight excluding hydrogens is 284 g/mol. The molecule has 1 N–H and O–H groups in total. The molecule has 22 heavy (non-hydrogen) atoms. The molecule has 8 nitrogen and oxygen atoms in total. The zero-order chi connectivity index (χ0) is 15.7. The van der Waals surface area contributed by atoms with Gasteiger partial charge in [-0.1, -0.05) is 24.5 Å². The standard InChI is InChI=1S/C14H20N6O2/c1-9-12-13(17-19(9)2)14(22)20(18-16-12)8-11(21)15-10-6-4-3-5-7-10/h10H,3-8H2,1-2H3,(H,15,21). The summed E-state index contributed by atoms with van der Waals surface area (Å²) in [5.74, 6) is -0.199. The van der Waals surface area contributed by atoms with Crippen LogP contribution in [0.3, 0.4) is 0 Å². The fourth-order valence-corrected chi connectivity index (χ4v) is 2.88. The van der Waals surface area contributed by atoms with Crippen molar-refractivity contribution in [2.45, 2.75) is 51.6 Å². The number of hydrogen-bond donors (Lipinski definition) is 1. The van der Waals surface area contributed by atoms with Gasteiger partial charge in [-0.2, -0.15) is 9.78 Å². The number of aryl methyl sites for hydroxylation is 2. The molecule has 1 aliphatic carbocycles. The second-order valence-corrected chi connectivity index (χ2v) is 5.86. The van der Waals surface area contributed by atoms with Gasteiger partial charge in [-0.25, -0.2) is 0 Å². The van der Waals surface area contributed by atoms with Crippen molar-refractivity contribution in [3.05, 3.63) is 16.0 Å². The maximum atomic E-state index is 12.3. The van der Waals surface area contributed by atoms with Crippen molar-refractivity contribution < 1.29 is 4.79 Å². The van der Waals surface area contributed by atoms with Gasteiger partial charge in [0.15, 0.2) is 5.52 Å². The Kier molecular flexibility index (Phi) is 3.91. The van der Waals surface area contributed by atoms with Crippen LogP contribution in [0.5, 0.6) is 0 Å². The van der Waals surface area contributed by atoms with Crippen LogP contribution in [0.1, 0.15) is 37.8 Å². The van der Waals surface area contributed by atoms with Crippen molar-refractivity contribution in [3.63, 3.8) is 0 Å². The predicted octanol–water partition coefficient (Wildman–Crippen LogP) is 0.282.